The fourth-order valence-electron chi connectivity index (χ4n) is 5.85. The molecule has 5 rings (SSSR count). The van der Waals surface area contributed by atoms with Crippen LogP contribution in [0, 0.1) is 10.1 Å². The van der Waals surface area contributed by atoms with Gasteiger partial charge in [-0.15, -0.1) is 0 Å². The predicted molar refractivity (Wildman–Crippen MR) is 150 cm³/mol. The van der Waals surface area contributed by atoms with Gasteiger partial charge in [0.1, 0.15) is 5.69 Å². The Hall–Kier alpha value is -3.25. The van der Waals surface area contributed by atoms with Gasteiger partial charge in [0.25, 0.3) is 17.5 Å². The van der Waals surface area contributed by atoms with Gasteiger partial charge in [-0.1, -0.05) is 15.9 Å². The van der Waals surface area contributed by atoms with E-state index in [2.05, 4.69) is 31.5 Å². The van der Waals surface area contributed by atoms with E-state index in [1.165, 1.54) is 12.3 Å². The number of nitrogens with zero attached hydrogens (tertiary/aromatic N) is 4. The average Bonchev–Trinajstić information content (AvgIpc) is 3.41. The molecule has 11 nitrogen and oxygen atoms in total. The molecule has 39 heavy (non-hydrogen) atoms. The molecule has 3 aliphatic heterocycles. The number of carbonyl (C=O) groups is 2. The molecule has 4 heterocycles. The van der Waals surface area contributed by atoms with E-state index in [4.69, 9.17) is 4.74 Å². The van der Waals surface area contributed by atoms with Crippen LogP contribution >= 0.6 is 15.9 Å². The third-order valence-electron chi connectivity index (χ3n) is 7.99. The lowest BCUT2D eigenvalue weighted by molar-refractivity contribution is -0.384. The number of aromatic nitrogens is 1. The molecule has 0 bridgehead atoms. The van der Waals surface area contributed by atoms with Gasteiger partial charge in [0.15, 0.2) is 0 Å². The van der Waals surface area contributed by atoms with Crippen molar-refractivity contribution in [1.29, 1.82) is 0 Å². The highest BCUT2D eigenvalue weighted by Gasteiger charge is 2.40. The number of anilines is 2. The van der Waals surface area contributed by atoms with Gasteiger partial charge in [-0.25, -0.2) is 0 Å². The average molecular weight is 602 g/mol. The minimum Gasteiger partial charge on any atom is -0.387 e. The smallest absolute Gasteiger partial charge is 0.294 e. The second-order valence-corrected chi connectivity index (χ2v) is 11.4. The topological polar surface area (TPSA) is 130 Å². The van der Waals surface area contributed by atoms with Crippen LogP contribution in [0.2, 0.25) is 0 Å². The summed E-state index contributed by atoms with van der Waals surface area (Å²) in [6.07, 6.45) is 8.20. The van der Waals surface area contributed by atoms with E-state index < -0.39 is 4.92 Å². The van der Waals surface area contributed by atoms with Crippen LogP contribution in [-0.4, -0.2) is 83.0 Å². The number of pyridine rings is 1. The molecule has 1 spiro atoms. The van der Waals surface area contributed by atoms with Gasteiger partial charge in [0.2, 0.25) is 0 Å². The first-order chi connectivity index (χ1) is 18.8. The van der Waals surface area contributed by atoms with Crippen molar-refractivity contribution in [3.8, 4) is 0 Å². The van der Waals surface area contributed by atoms with E-state index in [0.717, 1.165) is 44.4 Å². The molecule has 0 aliphatic carbocycles. The molecule has 1 aromatic carbocycles. The number of likely N-dealkylation sites (tertiary alicyclic amines) is 2. The van der Waals surface area contributed by atoms with E-state index in [-0.39, 0.29) is 40.4 Å². The lowest BCUT2D eigenvalue weighted by atomic mass is 9.88. The molecule has 208 valence electrons. The molecule has 3 fully saturated rings. The molecule has 0 saturated carbocycles. The van der Waals surface area contributed by atoms with Gasteiger partial charge in [0.05, 0.1) is 27.3 Å². The molecule has 0 unspecified atom stereocenters. The number of nitrogens with one attached hydrogen (secondary N) is 2. The molecular formula is C27H33BrN6O5. The van der Waals surface area contributed by atoms with E-state index in [9.17, 15) is 19.7 Å². The van der Waals surface area contributed by atoms with Crippen molar-refractivity contribution in [2.45, 2.75) is 50.2 Å². The van der Waals surface area contributed by atoms with E-state index in [1.54, 1.807) is 35.2 Å². The molecular weight excluding hydrogens is 568 g/mol. The molecule has 2 N–H and O–H groups in total. The second-order valence-electron chi connectivity index (χ2n) is 10.5. The quantitative estimate of drug-likeness (QED) is 0.371. The molecule has 0 radical (unpaired) electrons. The van der Waals surface area contributed by atoms with Crippen molar-refractivity contribution >= 4 is 44.8 Å². The van der Waals surface area contributed by atoms with Gasteiger partial charge in [-0.2, -0.15) is 0 Å². The highest BCUT2D eigenvalue weighted by molar-refractivity contribution is 9.10. The largest absolute Gasteiger partial charge is 0.387 e. The first-order valence-corrected chi connectivity index (χ1v) is 14.2. The van der Waals surface area contributed by atoms with Crippen LogP contribution in [0.3, 0.4) is 0 Å². The van der Waals surface area contributed by atoms with Gasteiger partial charge in [0, 0.05) is 68.8 Å². The highest BCUT2D eigenvalue weighted by atomic mass is 79.9. The maximum absolute atomic E-state index is 13.7. The lowest BCUT2D eigenvalue weighted by Crippen LogP contribution is -2.47. The van der Waals surface area contributed by atoms with Gasteiger partial charge < -0.3 is 25.2 Å². The molecule has 2 aromatic rings. The number of halogens is 1. The zero-order valence-corrected chi connectivity index (χ0v) is 23.5. The standard InChI is InChI=1S/C27H33BrN6O5/c1-29-21-12-18(15-30-16-21)25(35)33-8-2-4-20(17-33)31-24-22(13-19(28)14-23(24)34(37)38)26(36)32-9-6-27(7-10-32)5-3-11-39-27/h12-16,20,29,31H,2-11,17H2,1H3/t20-/m1/s1. The maximum Gasteiger partial charge on any atom is 0.294 e. The van der Waals surface area contributed by atoms with Crippen molar-refractivity contribution < 1.29 is 19.2 Å². The molecule has 2 amide bonds. The lowest BCUT2D eigenvalue weighted by Gasteiger charge is -2.39. The summed E-state index contributed by atoms with van der Waals surface area (Å²) >= 11 is 3.36. The Balaban J connectivity index is 1.36. The van der Waals surface area contributed by atoms with Crippen LogP contribution in [0.15, 0.2) is 35.1 Å². The summed E-state index contributed by atoms with van der Waals surface area (Å²) in [4.78, 5) is 46.2. The first kappa shape index (κ1) is 27.3. The summed E-state index contributed by atoms with van der Waals surface area (Å²) in [6, 6.07) is 4.56. The monoisotopic (exact) mass is 600 g/mol. The van der Waals surface area contributed by atoms with Crippen LogP contribution < -0.4 is 10.6 Å². The van der Waals surface area contributed by atoms with Crippen LogP contribution in [0.1, 0.15) is 59.2 Å². The fourth-order valence-corrected chi connectivity index (χ4v) is 6.30. The third kappa shape index (κ3) is 5.86. The van der Waals surface area contributed by atoms with Crippen molar-refractivity contribution in [3.63, 3.8) is 0 Å². The van der Waals surface area contributed by atoms with Gasteiger partial charge in [-0.05, 0) is 50.7 Å². The number of benzene rings is 1. The van der Waals surface area contributed by atoms with E-state index in [1.807, 2.05) is 0 Å². The number of hydrogen-bond acceptors (Lipinski definition) is 8. The van der Waals surface area contributed by atoms with E-state index in [0.29, 0.717) is 42.6 Å². The highest BCUT2D eigenvalue weighted by Crippen LogP contribution is 2.38. The Labute approximate surface area is 235 Å². The summed E-state index contributed by atoms with van der Waals surface area (Å²) in [5, 5.41) is 18.4. The minimum atomic E-state index is -0.470. The van der Waals surface area contributed by atoms with Crippen LogP contribution in [-0.2, 0) is 4.74 Å². The molecule has 3 saturated heterocycles. The number of rotatable bonds is 6. The molecule has 1 atom stereocenters. The van der Waals surface area contributed by atoms with Crippen LogP contribution in [0.5, 0.6) is 0 Å². The van der Waals surface area contributed by atoms with Crippen molar-refractivity contribution in [2.75, 3.05) is 50.5 Å². The summed E-state index contributed by atoms with van der Waals surface area (Å²) < 4.78 is 6.46. The number of hydrogen-bond donors (Lipinski definition) is 2. The van der Waals surface area contributed by atoms with Gasteiger partial charge in [-0.3, -0.25) is 24.7 Å². The second kappa shape index (κ2) is 11.5. The fraction of sp³-hybridized carbons (Fsp3) is 0.519. The van der Waals surface area contributed by atoms with Crippen molar-refractivity contribution in [3.05, 3.63) is 56.3 Å². The minimum absolute atomic E-state index is 0.137. The third-order valence-corrected chi connectivity index (χ3v) is 8.45. The number of ether oxygens (including phenoxy) is 1. The predicted octanol–water partition coefficient (Wildman–Crippen LogP) is 4.30. The first-order valence-electron chi connectivity index (χ1n) is 13.4. The van der Waals surface area contributed by atoms with Crippen molar-refractivity contribution in [1.82, 2.24) is 14.8 Å². The number of carbonyl (C=O) groups excluding carboxylic acids is 2. The SMILES string of the molecule is CNc1cncc(C(=O)N2CCC[C@@H](Nc3c(C(=O)N4CCC5(CCCO5)CC4)cc(Br)cc3[N+](=O)[O-])C2)c1. The number of nitro benzene ring substituents is 1. The molecule has 3 aliphatic rings. The normalized spacial score (nSPS) is 20.6. The Bertz CT molecular complexity index is 1260. The Morgan fingerprint density at radius 3 is 2.59 bits per heavy atom. The summed E-state index contributed by atoms with van der Waals surface area (Å²) in [6.45, 7) is 2.78. The molecule has 1 aromatic heterocycles. The Morgan fingerprint density at radius 1 is 1.10 bits per heavy atom. The van der Waals surface area contributed by atoms with Crippen molar-refractivity contribution in [2.24, 2.45) is 0 Å². The van der Waals surface area contributed by atoms with E-state index >= 15 is 0 Å². The Morgan fingerprint density at radius 2 is 1.90 bits per heavy atom. The van der Waals surface area contributed by atoms with Gasteiger partial charge >= 0.3 is 0 Å². The van der Waals surface area contributed by atoms with Crippen LogP contribution in [0.4, 0.5) is 17.1 Å². The Kier molecular flexibility index (Phi) is 8.03. The number of nitro groups is 1. The number of piperidine rings is 2. The zero-order valence-electron chi connectivity index (χ0n) is 22.0. The summed E-state index contributed by atoms with van der Waals surface area (Å²) in [5.74, 6) is -0.391. The maximum atomic E-state index is 13.7. The number of amides is 2. The summed E-state index contributed by atoms with van der Waals surface area (Å²) in [7, 11) is 1.76. The zero-order chi connectivity index (χ0) is 27.6. The summed E-state index contributed by atoms with van der Waals surface area (Å²) in [5.41, 5.74) is 1.36. The molecule has 12 heteroatoms. The van der Waals surface area contributed by atoms with Crippen LogP contribution in [0.25, 0.3) is 0 Å².